The van der Waals surface area contributed by atoms with E-state index in [0.29, 0.717) is 34.7 Å². The maximum atomic E-state index is 12.3. The molecule has 0 N–H and O–H groups in total. The minimum absolute atomic E-state index is 0.183. The van der Waals surface area contributed by atoms with Gasteiger partial charge in [-0.05, 0) is 50.3 Å². The van der Waals surface area contributed by atoms with Crippen molar-refractivity contribution < 1.29 is 23.6 Å². The van der Waals surface area contributed by atoms with Gasteiger partial charge in [0.25, 0.3) is 0 Å². The molecular weight excluding hydrogens is 446 g/mol. The van der Waals surface area contributed by atoms with Gasteiger partial charge in [-0.15, -0.1) is 0 Å². The summed E-state index contributed by atoms with van der Waals surface area (Å²) in [6, 6.07) is 12.3. The second-order valence-electron chi connectivity index (χ2n) is 9.37. The van der Waals surface area contributed by atoms with Crippen molar-refractivity contribution in [3.63, 3.8) is 0 Å². The van der Waals surface area contributed by atoms with Gasteiger partial charge < -0.3 is 18.9 Å². The van der Waals surface area contributed by atoms with Gasteiger partial charge in [0.2, 0.25) is 0 Å². The SMILES string of the molecule is CN(C)c1cc2onc(CCC3CCN(Cc4ccccc4)CC3)c2c2c1OC(=O)/C=C/C(=O)O2. The maximum Gasteiger partial charge on any atom is 0.336 e. The Morgan fingerprint density at radius 3 is 2.37 bits per heavy atom. The lowest BCUT2D eigenvalue weighted by Gasteiger charge is -2.32. The molecule has 2 aromatic carbocycles. The Labute approximate surface area is 204 Å². The number of carbonyl (C=O) groups is 2. The first kappa shape index (κ1) is 23.1. The highest BCUT2D eigenvalue weighted by molar-refractivity contribution is 6.02. The van der Waals surface area contributed by atoms with Crippen molar-refractivity contribution in [3.8, 4) is 11.5 Å². The molecule has 0 amide bonds. The number of nitrogens with zero attached hydrogens (tertiary/aromatic N) is 3. The van der Waals surface area contributed by atoms with Crippen molar-refractivity contribution in [1.82, 2.24) is 10.1 Å². The monoisotopic (exact) mass is 475 g/mol. The third-order valence-corrected chi connectivity index (χ3v) is 6.71. The molecular formula is C27H29N3O5. The Hall–Kier alpha value is -3.65. The molecule has 3 heterocycles. The van der Waals surface area contributed by atoms with Crippen LogP contribution in [0.4, 0.5) is 5.69 Å². The number of ether oxygens (including phenoxy) is 2. The van der Waals surface area contributed by atoms with Crippen molar-refractivity contribution in [3.05, 3.63) is 59.8 Å². The van der Waals surface area contributed by atoms with Crippen LogP contribution in [0.2, 0.25) is 0 Å². The zero-order valence-electron chi connectivity index (χ0n) is 20.0. The lowest BCUT2D eigenvalue weighted by molar-refractivity contribution is -0.133. The molecule has 35 heavy (non-hydrogen) atoms. The lowest BCUT2D eigenvalue weighted by Crippen LogP contribution is -2.33. The van der Waals surface area contributed by atoms with Gasteiger partial charge in [-0.1, -0.05) is 35.5 Å². The standard InChI is InChI=1S/C27H29N3O5/c1-29(2)21-16-22-25(27-26(21)33-23(31)10-11-24(32)34-27)20(28-35-22)9-8-18-12-14-30(15-13-18)17-19-6-4-3-5-7-19/h3-7,10-11,16,18H,8-9,12-15,17H2,1-2H3/b11-10+. The largest absolute Gasteiger partial charge is 0.418 e. The summed E-state index contributed by atoms with van der Waals surface area (Å²) in [6.07, 6.45) is 6.03. The molecule has 1 aromatic heterocycles. The number of benzene rings is 2. The quantitative estimate of drug-likeness (QED) is 0.389. The van der Waals surface area contributed by atoms with Crippen LogP contribution in [0.1, 0.15) is 30.5 Å². The highest BCUT2D eigenvalue weighted by Crippen LogP contribution is 2.46. The average Bonchev–Trinajstić information content (AvgIpc) is 3.26. The number of aromatic nitrogens is 1. The zero-order chi connectivity index (χ0) is 24.4. The first-order valence-electron chi connectivity index (χ1n) is 12.0. The molecule has 3 aromatic rings. The fraction of sp³-hybridized carbons (Fsp3) is 0.370. The minimum atomic E-state index is -0.641. The average molecular weight is 476 g/mol. The Morgan fingerprint density at radius 1 is 1.00 bits per heavy atom. The summed E-state index contributed by atoms with van der Waals surface area (Å²) in [5.41, 5.74) is 3.12. The Morgan fingerprint density at radius 2 is 1.69 bits per heavy atom. The van der Waals surface area contributed by atoms with Crippen LogP contribution in [0.5, 0.6) is 11.5 Å². The van der Waals surface area contributed by atoms with Gasteiger partial charge in [-0.3, -0.25) is 4.90 Å². The molecule has 0 bridgehead atoms. The summed E-state index contributed by atoms with van der Waals surface area (Å²) in [6.45, 7) is 3.13. The highest BCUT2D eigenvalue weighted by atomic mass is 16.6. The number of piperidine rings is 1. The number of aryl methyl sites for hydroxylation is 1. The molecule has 1 fully saturated rings. The van der Waals surface area contributed by atoms with E-state index in [1.54, 1.807) is 11.0 Å². The number of carbonyl (C=O) groups excluding carboxylic acids is 2. The predicted octanol–water partition coefficient (Wildman–Crippen LogP) is 4.12. The topological polar surface area (TPSA) is 85.1 Å². The fourth-order valence-electron chi connectivity index (χ4n) is 4.82. The number of likely N-dealkylation sites (tertiary alicyclic amines) is 1. The Kier molecular flexibility index (Phi) is 6.55. The van der Waals surface area contributed by atoms with Gasteiger partial charge in [0.05, 0.1) is 16.8 Å². The molecule has 5 rings (SSSR count). The normalized spacial score (nSPS) is 17.9. The van der Waals surface area contributed by atoms with Crippen LogP contribution in [-0.2, 0) is 22.6 Å². The van der Waals surface area contributed by atoms with Gasteiger partial charge in [0.15, 0.2) is 17.1 Å². The van der Waals surface area contributed by atoms with E-state index in [1.807, 2.05) is 20.2 Å². The fourth-order valence-corrected chi connectivity index (χ4v) is 4.82. The molecule has 0 unspecified atom stereocenters. The molecule has 2 aliphatic rings. The van der Waals surface area contributed by atoms with Crippen LogP contribution in [0.25, 0.3) is 11.0 Å². The summed E-state index contributed by atoms with van der Waals surface area (Å²) in [5.74, 6) is -0.310. The van der Waals surface area contributed by atoms with E-state index < -0.39 is 11.9 Å². The second kappa shape index (κ2) is 9.92. The molecule has 0 spiro atoms. The molecule has 8 heteroatoms. The number of esters is 2. The molecule has 0 radical (unpaired) electrons. The number of rotatable bonds is 6. The summed E-state index contributed by atoms with van der Waals surface area (Å²) >= 11 is 0. The van der Waals surface area contributed by atoms with E-state index >= 15 is 0 Å². The lowest BCUT2D eigenvalue weighted by atomic mass is 9.91. The van der Waals surface area contributed by atoms with Crippen molar-refractivity contribution in [2.45, 2.75) is 32.2 Å². The van der Waals surface area contributed by atoms with E-state index in [-0.39, 0.29) is 11.5 Å². The number of hydrogen-bond donors (Lipinski definition) is 0. The van der Waals surface area contributed by atoms with Gasteiger partial charge >= 0.3 is 11.9 Å². The molecule has 0 aliphatic carbocycles. The maximum absolute atomic E-state index is 12.3. The zero-order valence-corrected chi connectivity index (χ0v) is 20.0. The summed E-state index contributed by atoms with van der Waals surface area (Å²) in [7, 11) is 3.63. The van der Waals surface area contributed by atoms with Crippen LogP contribution in [0, 0.1) is 5.92 Å². The Balaban J connectivity index is 1.33. The molecule has 1 saturated heterocycles. The van der Waals surface area contributed by atoms with E-state index in [1.165, 1.54) is 5.56 Å². The number of fused-ring (bicyclic) bond motifs is 3. The molecule has 8 nitrogen and oxygen atoms in total. The summed E-state index contributed by atoms with van der Waals surface area (Å²) in [5, 5.41) is 4.89. The van der Waals surface area contributed by atoms with Gasteiger partial charge in [0, 0.05) is 38.9 Å². The minimum Gasteiger partial charge on any atom is -0.418 e. The Bertz CT molecular complexity index is 1260. The van der Waals surface area contributed by atoms with E-state index in [0.717, 1.165) is 51.0 Å². The molecule has 0 saturated carbocycles. The van der Waals surface area contributed by atoms with E-state index in [9.17, 15) is 9.59 Å². The van der Waals surface area contributed by atoms with Gasteiger partial charge in [-0.25, -0.2) is 9.59 Å². The molecule has 182 valence electrons. The first-order valence-corrected chi connectivity index (χ1v) is 12.0. The van der Waals surface area contributed by atoms with Crippen LogP contribution >= 0.6 is 0 Å². The van der Waals surface area contributed by atoms with Crippen LogP contribution in [0.15, 0.2) is 53.1 Å². The highest BCUT2D eigenvalue weighted by Gasteiger charge is 2.28. The molecule has 2 aliphatic heterocycles. The van der Waals surface area contributed by atoms with Crippen molar-refractivity contribution in [2.24, 2.45) is 5.92 Å². The van der Waals surface area contributed by atoms with Crippen molar-refractivity contribution >= 4 is 28.6 Å². The van der Waals surface area contributed by atoms with Crippen LogP contribution in [-0.4, -0.2) is 49.2 Å². The van der Waals surface area contributed by atoms with Gasteiger partial charge in [0.1, 0.15) is 0 Å². The third-order valence-electron chi connectivity index (χ3n) is 6.71. The van der Waals surface area contributed by atoms with Crippen molar-refractivity contribution in [2.75, 3.05) is 32.1 Å². The van der Waals surface area contributed by atoms with Crippen LogP contribution < -0.4 is 14.4 Å². The number of hydrogen-bond acceptors (Lipinski definition) is 8. The third kappa shape index (κ3) is 5.07. The predicted molar refractivity (Wildman–Crippen MR) is 132 cm³/mol. The van der Waals surface area contributed by atoms with Gasteiger partial charge in [-0.2, -0.15) is 0 Å². The molecule has 0 atom stereocenters. The second-order valence-corrected chi connectivity index (χ2v) is 9.37. The first-order chi connectivity index (χ1) is 17.0. The smallest absolute Gasteiger partial charge is 0.336 e. The van der Waals surface area contributed by atoms with E-state index in [4.69, 9.17) is 14.0 Å². The van der Waals surface area contributed by atoms with E-state index in [2.05, 4.69) is 34.3 Å². The van der Waals surface area contributed by atoms with Crippen molar-refractivity contribution in [1.29, 1.82) is 0 Å². The summed E-state index contributed by atoms with van der Waals surface area (Å²) < 4.78 is 16.8. The summed E-state index contributed by atoms with van der Waals surface area (Å²) in [4.78, 5) is 28.7. The number of anilines is 1. The van der Waals surface area contributed by atoms with Crippen LogP contribution in [0.3, 0.4) is 0 Å².